The van der Waals surface area contributed by atoms with Gasteiger partial charge in [0.25, 0.3) is 0 Å². The molecule has 3 atom stereocenters. The molecule has 0 bridgehead atoms. The van der Waals surface area contributed by atoms with Crippen LogP contribution in [0.3, 0.4) is 0 Å². The number of carbonyl (C=O) groups is 1. The standard InChI is InChI=1S/C18H26N2O4/c1-13-3-4-14(24-13)11-19-8-5-17-16(12-19)15(6-10-22-17)18(21)20-7-2-9-23-20/h3-4,15-17H,2,5-12H2,1H3/t15-,16+,17-/m1/s1. The van der Waals surface area contributed by atoms with Gasteiger partial charge in [0.05, 0.1) is 25.8 Å². The summed E-state index contributed by atoms with van der Waals surface area (Å²) in [7, 11) is 0. The number of hydrogen-bond donors (Lipinski definition) is 0. The topological polar surface area (TPSA) is 55.2 Å². The van der Waals surface area contributed by atoms with Gasteiger partial charge in [0.15, 0.2) is 0 Å². The summed E-state index contributed by atoms with van der Waals surface area (Å²) in [4.78, 5) is 20.7. The van der Waals surface area contributed by atoms with Crippen LogP contribution in [0.1, 0.15) is 30.8 Å². The minimum atomic E-state index is 0.0167. The number of fused-ring (bicyclic) bond motifs is 1. The maximum absolute atomic E-state index is 12.8. The first-order chi connectivity index (χ1) is 11.7. The third-order valence-electron chi connectivity index (χ3n) is 5.45. The normalized spacial score (nSPS) is 31.2. The van der Waals surface area contributed by atoms with Crippen LogP contribution in [-0.4, -0.2) is 54.8 Å². The number of nitrogens with zero attached hydrogens (tertiary/aromatic N) is 2. The average Bonchev–Trinajstić information content (AvgIpc) is 3.25. The predicted octanol–water partition coefficient (Wildman–Crippen LogP) is 1.98. The van der Waals surface area contributed by atoms with Crippen LogP contribution >= 0.6 is 0 Å². The number of piperidine rings is 1. The van der Waals surface area contributed by atoms with Crippen molar-refractivity contribution in [1.29, 1.82) is 0 Å². The van der Waals surface area contributed by atoms with Crippen molar-refractivity contribution in [2.24, 2.45) is 11.8 Å². The third kappa shape index (κ3) is 3.23. The van der Waals surface area contributed by atoms with E-state index in [2.05, 4.69) is 4.90 Å². The molecule has 3 fully saturated rings. The van der Waals surface area contributed by atoms with E-state index in [-0.39, 0.29) is 23.8 Å². The van der Waals surface area contributed by atoms with Crippen LogP contribution in [0, 0.1) is 18.8 Å². The van der Waals surface area contributed by atoms with Gasteiger partial charge in [0, 0.05) is 31.5 Å². The summed E-state index contributed by atoms with van der Waals surface area (Å²) in [5.74, 6) is 2.36. The molecule has 0 aromatic carbocycles. The summed E-state index contributed by atoms with van der Waals surface area (Å²) in [6, 6.07) is 4.04. The van der Waals surface area contributed by atoms with Crippen molar-refractivity contribution in [3.05, 3.63) is 23.7 Å². The highest BCUT2D eigenvalue weighted by molar-refractivity contribution is 5.78. The highest BCUT2D eigenvalue weighted by atomic mass is 16.7. The van der Waals surface area contributed by atoms with Crippen LogP contribution in [0.2, 0.25) is 0 Å². The summed E-state index contributed by atoms with van der Waals surface area (Å²) in [5, 5.41) is 1.59. The highest BCUT2D eigenvalue weighted by Gasteiger charge is 2.43. The first-order valence-corrected chi connectivity index (χ1v) is 9.04. The third-order valence-corrected chi connectivity index (χ3v) is 5.45. The van der Waals surface area contributed by atoms with Gasteiger partial charge in [-0.3, -0.25) is 14.5 Å². The lowest BCUT2D eigenvalue weighted by Gasteiger charge is -2.44. The summed E-state index contributed by atoms with van der Waals surface area (Å²) in [6.07, 6.45) is 2.92. The van der Waals surface area contributed by atoms with Gasteiger partial charge in [-0.25, -0.2) is 5.06 Å². The summed E-state index contributed by atoms with van der Waals surface area (Å²) in [6.45, 7) is 6.71. The Morgan fingerprint density at radius 2 is 2.17 bits per heavy atom. The molecule has 0 radical (unpaired) electrons. The smallest absolute Gasteiger partial charge is 0.249 e. The summed E-state index contributed by atoms with van der Waals surface area (Å²) >= 11 is 0. The molecular formula is C18H26N2O4. The van der Waals surface area contributed by atoms with E-state index in [1.807, 2.05) is 19.1 Å². The van der Waals surface area contributed by atoms with Crippen molar-refractivity contribution in [3.63, 3.8) is 0 Å². The molecule has 132 valence electrons. The van der Waals surface area contributed by atoms with Gasteiger partial charge >= 0.3 is 0 Å². The Bertz CT molecular complexity index is 581. The second-order valence-electron chi connectivity index (χ2n) is 7.13. The Balaban J connectivity index is 1.43. The number of furan rings is 1. The number of hydrogen-bond acceptors (Lipinski definition) is 5. The molecule has 24 heavy (non-hydrogen) atoms. The zero-order valence-corrected chi connectivity index (χ0v) is 14.3. The molecule has 6 heteroatoms. The number of carbonyl (C=O) groups excluding carboxylic acids is 1. The number of aryl methyl sites for hydroxylation is 1. The molecule has 0 N–H and O–H groups in total. The molecule has 0 spiro atoms. The first kappa shape index (κ1) is 16.1. The van der Waals surface area contributed by atoms with Gasteiger partial charge in [-0.15, -0.1) is 0 Å². The van der Waals surface area contributed by atoms with Gasteiger partial charge in [-0.1, -0.05) is 0 Å². The van der Waals surface area contributed by atoms with Gasteiger partial charge in [0.2, 0.25) is 5.91 Å². The van der Waals surface area contributed by atoms with E-state index in [0.717, 1.165) is 57.0 Å². The molecule has 3 saturated heterocycles. The monoisotopic (exact) mass is 334 g/mol. The Kier molecular flexibility index (Phi) is 4.61. The number of amides is 1. The lowest BCUT2D eigenvalue weighted by molar-refractivity contribution is -0.185. The van der Waals surface area contributed by atoms with Gasteiger partial charge in [-0.05, 0) is 38.3 Å². The van der Waals surface area contributed by atoms with Gasteiger partial charge in [-0.2, -0.15) is 0 Å². The molecule has 1 aromatic rings. The maximum atomic E-state index is 12.8. The lowest BCUT2D eigenvalue weighted by atomic mass is 9.79. The fourth-order valence-electron chi connectivity index (χ4n) is 4.23. The van der Waals surface area contributed by atoms with E-state index >= 15 is 0 Å². The van der Waals surface area contributed by atoms with Crippen molar-refractivity contribution in [3.8, 4) is 0 Å². The van der Waals surface area contributed by atoms with Crippen LogP contribution in [-0.2, 0) is 20.9 Å². The Morgan fingerprint density at radius 1 is 1.25 bits per heavy atom. The maximum Gasteiger partial charge on any atom is 0.249 e. The number of hydroxylamine groups is 2. The van der Waals surface area contributed by atoms with Crippen molar-refractivity contribution < 1.29 is 18.8 Å². The van der Waals surface area contributed by atoms with Crippen LogP contribution in [0.5, 0.6) is 0 Å². The quantitative estimate of drug-likeness (QED) is 0.846. The number of ether oxygens (including phenoxy) is 1. The fourth-order valence-corrected chi connectivity index (χ4v) is 4.23. The molecule has 3 aliphatic rings. The molecule has 4 heterocycles. The van der Waals surface area contributed by atoms with Crippen molar-refractivity contribution in [2.75, 3.05) is 32.8 Å². The molecule has 3 aliphatic heterocycles. The van der Waals surface area contributed by atoms with E-state index < -0.39 is 0 Å². The molecule has 0 saturated carbocycles. The zero-order chi connectivity index (χ0) is 16.5. The minimum absolute atomic E-state index is 0.0167. The predicted molar refractivity (Wildman–Crippen MR) is 87.0 cm³/mol. The molecule has 1 amide bonds. The molecular weight excluding hydrogens is 308 g/mol. The molecule has 1 aromatic heterocycles. The van der Waals surface area contributed by atoms with E-state index in [1.165, 1.54) is 0 Å². The van der Waals surface area contributed by atoms with Gasteiger partial charge < -0.3 is 9.15 Å². The Morgan fingerprint density at radius 3 is 2.92 bits per heavy atom. The SMILES string of the molecule is Cc1ccc(CN2CC[C@H]3OCC[C@@H](C(=O)N4CCCO4)[C@@H]3C2)o1. The van der Waals surface area contributed by atoms with Gasteiger partial charge in [0.1, 0.15) is 11.5 Å². The van der Waals surface area contributed by atoms with E-state index in [0.29, 0.717) is 13.2 Å². The lowest BCUT2D eigenvalue weighted by Crippen LogP contribution is -2.53. The second kappa shape index (κ2) is 6.86. The van der Waals surface area contributed by atoms with E-state index in [1.54, 1.807) is 5.06 Å². The molecule has 6 nitrogen and oxygen atoms in total. The minimum Gasteiger partial charge on any atom is -0.465 e. The van der Waals surface area contributed by atoms with Crippen LogP contribution in [0.25, 0.3) is 0 Å². The highest BCUT2D eigenvalue weighted by Crippen LogP contribution is 2.35. The van der Waals surface area contributed by atoms with E-state index in [9.17, 15) is 4.79 Å². The Labute approximate surface area is 142 Å². The van der Waals surface area contributed by atoms with Crippen LogP contribution in [0.4, 0.5) is 0 Å². The zero-order valence-electron chi connectivity index (χ0n) is 14.3. The number of likely N-dealkylation sites (tertiary alicyclic amines) is 1. The summed E-state index contributed by atoms with van der Waals surface area (Å²) in [5.41, 5.74) is 0. The Hall–Kier alpha value is -1.37. The molecule has 0 aliphatic carbocycles. The molecule has 4 rings (SSSR count). The van der Waals surface area contributed by atoms with Crippen molar-refractivity contribution in [1.82, 2.24) is 9.96 Å². The van der Waals surface area contributed by atoms with Crippen LogP contribution in [0.15, 0.2) is 16.5 Å². The second-order valence-corrected chi connectivity index (χ2v) is 7.13. The van der Waals surface area contributed by atoms with Crippen LogP contribution < -0.4 is 0 Å². The average molecular weight is 334 g/mol. The fraction of sp³-hybridized carbons (Fsp3) is 0.722. The molecule has 0 unspecified atom stereocenters. The summed E-state index contributed by atoms with van der Waals surface area (Å²) < 4.78 is 11.7. The largest absolute Gasteiger partial charge is 0.465 e. The van der Waals surface area contributed by atoms with Crippen molar-refractivity contribution >= 4 is 5.91 Å². The van der Waals surface area contributed by atoms with E-state index in [4.69, 9.17) is 14.0 Å². The van der Waals surface area contributed by atoms with Crippen molar-refractivity contribution in [2.45, 2.75) is 38.8 Å². The first-order valence-electron chi connectivity index (χ1n) is 9.04. The number of rotatable bonds is 3.